The average molecular weight is 347 g/mol. The van der Waals surface area contributed by atoms with E-state index in [1.165, 1.54) is 42.5 Å². The van der Waals surface area contributed by atoms with Gasteiger partial charge in [0.05, 0.1) is 12.0 Å². The fraction of sp³-hybridized carbons (Fsp3) is 0.263. The van der Waals surface area contributed by atoms with E-state index in [-0.39, 0.29) is 30.6 Å². The summed E-state index contributed by atoms with van der Waals surface area (Å²) in [5.41, 5.74) is 6.78. The Labute approximate surface area is 144 Å². The Morgan fingerprint density at radius 2 is 1.64 bits per heavy atom. The molecule has 0 saturated carbocycles. The minimum atomic E-state index is -1.18. The number of benzene rings is 2. The highest BCUT2D eigenvalue weighted by molar-refractivity contribution is 5.88. The molecule has 0 saturated heterocycles. The lowest BCUT2D eigenvalue weighted by Crippen LogP contribution is -2.35. The van der Waals surface area contributed by atoms with E-state index in [0.717, 1.165) is 0 Å². The maximum Gasteiger partial charge on any atom is 0.307 e. The van der Waals surface area contributed by atoms with Crippen LogP contribution in [0.1, 0.15) is 17.5 Å². The first-order valence-corrected chi connectivity index (χ1v) is 7.85. The number of halogens is 2. The van der Waals surface area contributed by atoms with Gasteiger partial charge in [-0.1, -0.05) is 30.3 Å². The zero-order valence-electron chi connectivity index (χ0n) is 13.5. The van der Waals surface area contributed by atoms with Gasteiger partial charge in [-0.05, 0) is 42.2 Å². The molecule has 2 aromatic rings. The first-order valence-electron chi connectivity index (χ1n) is 7.85. The highest BCUT2D eigenvalue weighted by atomic mass is 19.1. The molecule has 0 bridgehead atoms. The van der Waals surface area contributed by atoms with Crippen LogP contribution in [-0.2, 0) is 22.4 Å². The van der Waals surface area contributed by atoms with E-state index in [9.17, 15) is 23.5 Å². The van der Waals surface area contributed by atoms with Crippen molar-refractivity contribution in [1.29, 1.82) is 0 Å². The van der Waals surface area contributed by atoms with E-state index < -0.39 is 29.5 Å². The van der Waals surface area contributed by atoms with E-state index in [1.54, 1.807) is 6.07 Å². The van der Waals surface area contributed by atoms with Crippen LogP contribution in [0.2, 0.25) is 0 Å². The molecule has 2 atom stereocenters. The molecule has 0 radical (unpaired) electrons. The largest absolute Gasteiger partial charge is 0.481 e. The molecule has 2 rings (SSSR count). The number of hydrogen-bond acceptors (Lipinski definition) is 3. The Hall–Kier alpha value is -2.60. The molecule has 3 N–H and O–H groups in total. The number of rotatable bonds is 8. The van der Waals surface area contributed by atoms with Crippen molar-refractivity contribution in [3.63, 3.8) is 0 Å². The minimum Gasteiger partial charge on any atom is -0.481 e. The molecule has 0 aromatic heterocycles. The van der Waals surface area contributed by atoms with Crippen LogP contribution in [0.3, 0.4) is 0 Å². The number of Topliss-reactive ketones (excluding diaryl/α,β-unsaturated/α-hetero) is 1. The molecule has 0 amide bonds. The molecule has 25 heavy (non-hydrogen) atoms. The van der Waals surface area contributed by atoms with Crippen LogP contribution in [-0.4, -0.2) is 22.9 Å². The zero-order valence-corrected chi connectivity index (χ0v) is 13.5. The van der Waals surface area contributed by atoms with E-state index in [2.05, 4.69) is 0 Å². The molecule has 2 aromatic carbocycles. The van der Waals surface area contributed by atoms with Gasteiger partial charge in [-0.15, -0.1) is 0 Å². The maximum absolute atomic E-state index is 13.7. The molecular formula is C19H19F2NO3. The van der Waals surface area contributed by atoms with Gasteiger partial charge in [0.15, 0.2) is 5.78 Å². The summed E-state index contributed by atoms with van der Waals surface area (Å²) in [4.78, 5) is 23.7. The van der Waals surface area contributed by atoms with Gasteiger partial charge >= 0.3 is 5.97 Å². The van der Waals surface area contributed by atoms with E-state index in [0.29, 0.717) is 5.56 Å². The second-order valence-corrected chi connectivity index (χ2v) is 5.94. The smallest absolute Gasteiger partial charge is 0.307 e. The van der Waals surface area contributed by atoms with Crippen molar-refractivity contribution in [3.8, 4) is 0 Å². The number of aliphatic carboxylic acids is 1. The lowest BCUT2D eigenvalue weighted by atomic mass is 9.90. The summed E-state index contributed by atoms with van der Waals surface area (Å²) in [6.45, 7) is 0. The van der Waals surface area contributed by atoms with Gasteiger partial charge in [-0.2, -0.15) is 0 Å². The zero-order chi connectivity index (χ0) is 18.4. The third-order valence-electron chi connectivity index (χ3n) is 4.00. The van der Waals surface area contributed by atoms with Crippen LogP contribution in [0.15, 0.2) is 48.5 Å². The van der Waals surface area contributed by atoms with Crippen LogP contribution in [0.4, 0.5) is 8.78 Å². The molecular weight excluding hydrogens is 328 g/mol. The fourth-order valence-electron chi connectivity index (χ4n) is 2.56. The lowest BCUT2D eigenvalue weighted by Gasteiger charge is -2.16. The number of nitrogens with two attached hydrogens (primary N) is 1. The first-order chi connectivity index (χ1) is 11.9. The van der Waals surface area contributed by atoms with Crippen LogP contribution in [0, 0.1) is 17.6 Å². The molecule has 0 heterocycles. The van der Waals surface area contributed by atoms with E-state index in [4.69, 9.17) is 5.73 Å². The Balaban J connectivity index is 2.00. The lowest BCUT2D eigenvalue weighted by molar-refractivity contribution is -0.143. The van der Waals surface area contributed by atoms with Gasteiger partial charge in [0.25, 0.3) is 0 Å². The van der Waals surface area contributed by atoms with Crippen molar-refractivity contribution < 1.29 is 23.5 Å². The van der Waals surface area contributed by atoms with E-state index >= 15 is 0 Å². The molecule has 4 nitrogen and oxygen atoms in total. The highest BCUT2D eigenvalue weighted by Crippen LogP contribution is 2.17. The average Bonchev–Trinajstić information content (AvgIpc) is 2.57. The summed E-state index contributed by atoms with van der Waals surface area (Å²) in [7, 11) is 0. The molecule has 2 unspecified atom stereocenters. The van der Waals surface area contributed by atoms with Crippen molar-refractivity contribution in [3.05, 3.63) is 71.3 Å². The Kier molecular flexibility index (Phi) is 6.36. The standard InChI is InChI=1S/C19H19F2NO3/c20-15-7-5-12(6-8-15)9-17(22)18(23)11-14(19(24)25)10-13-3-1-2-4-16(13)21/h1-8,14,17H,9-11,22H2,(H,24,25). The van der Waals surface area contributed by atoms with Crippen LogP contribution in [0.5, 0.6) is 0 Å². The summed E-state index contributed by atoms with van der Waals surface area (Å²) >= 11 is 0. The van der Waals surface area contributed by atoms with Gasteiger partial charge in [0, 0.05) is 6.42 Å². The first kappa shape index (κ1) is 18.7. The molecule has 0 aliphatic rings. The second kappa shape index (κ2) is 8.48. The van der Waals surface area contributed by atoms with Gasteiger partial charge < -0.3 is 10.8 Å². The molecule has 132 valence electrons. The quantitative estimate of drug-likeness (QED) is 0.769. The molecule has 0 aliphatic carbocycles. The van der Waals surface area contributed by atoms with Crippen molar-refractivity contribution >= 4 is 11.8 Å². The van der Waals surface area contributed by atoms with Crippen molar-refractivity contribution in [2.75, 3.05) is 0 Å². The highest BCUT2D eigenvalue weighted by Gasteiger charge is 2.25. The molecule has 0 spiro atoms. The van der Waals surface area contributed by atoms with Crippen molar-refractivity contribution in [2.24, 2.45) is 11.7 Å². The predicted octanol–water partition coefficient (Wildman–Crippen LogP) is 2.74. The monoisotopic (exact) mass is 347 g/mol. The van der Waals surface area contributed by atoms with Crippen LogP contribution < -0.4 is 5.73 Å². The maximum atomic E-state index is 13.7. The Morgan fingerprint density at radius 1 is 1.00 bits per heavy atom. The summed E-state index contributed by atoms with van der Waals surface area (Å²) in [6.07, 6.45) is -0.186. The van der Waals surface area contributed by atoms with Crippen molar-refractivity contribution in [2.45, 2.75) is 25.3 Å². The van der Waals surface area contributed by atoms with Crippen molar-refractivity contribution in [1.82, 2.24) is 0 Å². The summed E-state index contributed by atoms with van der Waals surface area (Å²) in [6, 6.07) is 10.6. The third kappa shape index (κ3) is 5.46. The van der Waals surface area contributed by atoms with Crippen LogP contribution in [0.25, 0.3) is 0 Å². The predicted molar refractivity (Wildman–Crippen MR) is 88.9 cm³/mol. The summed E-state index contributed by atoms with van der Waals surface area (Å²) in [5.74, 6) is -3.54. The second-order valence-electron chi connectivity index (χ2n) is 5.94. The van der Waals surface area contributed by atoms with Crippen LogP contribution >= 0.6 is 0 Å². The number of carbonyl (C=O) groups excluding carboxylic acids is 1. The normalized spacial score (nSPS) is 13.2. The number of ketones is 1. The van der Waals surface area contributed by atoms with Gasteiger partial charge in [0.2, 0.25) is 0 Å². The molecule has 6 heteroatoms. The molecule has 0 aliphatic heterocycles. The summed E-state index contributed by atoms with van der Waals surface area (Å²) in [5, 5.41) is 9.32. The van der Waals surface area contributed by atoms with E-state index in [1.807, 2.05) is 0 Å². The number of hydrogen-bond donors (Lipinski definition) is 2. The molecule has 0 fully saturated rings. The number of carboxylic acids is 1. The Morgan fingerprint density at radius 3 is 2.24 bits per heavy atom. The third-order valence-corrected chi connectivity index (χ3v) is 4.00. The fourth-order valence-corrected chi connectivity index (χ4v) is 2.56. The Bertz CT molecular complexity index is 747. The number of carbonyl (C=O) groups is 2. The topological polar surface area (TPSA) is 80.4 Å². The SMILES string of the molecule is NC(Cc1ccc(F)cc1)C(=O)CC(Cc1ccccc1F)C(=O)O. The van der Waals surface area contributed by atoms with Gasteiger partial charge in [-0.3, -0.25) is 9.59 Å². The summed E-state index contributed by atoms with van der Waals surface area (Å²) < 4.78 is 26.6. The minimum absolute atomic E-state index is 0.0863. The van der Waals surface area contributed by atoms with Gasteiger partial charge in [0.1, 0.15) is 11.6 Å². The number of carboxylic acid groups (broad SMARTS) is 1. The van der Waals surface area contributed by atoms with Gasteiger partial charge in [-0.25, -0.2) is 8.78 Å².